The summed E-state index contributed by atoms with van der Waals surface area (Å²) in [5.74, 6) is -1.15. The van der Waals surface area contributed by atoms with Crippen LogP contribution < -0.4 is 10.2 Å². The van der Waals surface area contributed by atoms with Crippen LogP contribution in [0.25, 0.3) is 0 Å². The van der Waals surface area contributed by atoms with Crippen LogP contribution in [0, 0.1) is 5.82 Å². The van der Waals surface area contributed by atoms with Crippen molar-refractivity contribution in [2.75, 3.05) is 7.11 Å². The van der Waals surface area contributed by atoms with Crippen LogP contribution >= 0.6 is 0 Å². The molecule has 1 aliphatic carbocycles. The Bertz CT molecular complexity index is 464. The average molecular weight is 291 g/mol. The van der Waals surface area contributed by atoms with E-state index in [4.69, 9.17) is 9.47 Å². The van der Waals surface area contributed by atoms with Crippen LogP contribution in [0.3, 0.4) is 0 Å². The van der Waals surface area contributed by atoms with Crippen LogP contribution in [-0.2, 0) is 4.74 Å². The van der Waals surface area contributed by atoms with Crippen molar-refractivity contribution in [3.63, 3.8) is 0 Å². The number of benzene rings is 1. The van der Waals surface area contributed by atoms with Crippen molar-refractivity contribution in [3.05, 3.63) is 24.0 Å². The van der Waals surface area contributed by atoms with Crippen LogP contribution in [0.15, 0.2) is 18.2 Å². The molecule has 0 spiro atoms. The highest BCUT2D eigenvalue weighted by Crippen LogP contribution is 2.26. The highest BCUT2D eigenvalue weighted by Gasteiger charge is 2.31. The summed E-state index contributed by atoms with van der Waals surface area (Å²) in [5, 5.41) is 0. The van der Waals surface area contributed by atoms with E-state index in [1.54, 1.807) is 7.11 Å². The zero-order chi connectivity index (χ0) is 14.8. The molecule has 0 bridgehead atoms. The maximum atomic E-state index is 13.2. The minimum atomic E-state index is -5.22. The first-order valence-corrected chi connectivity index (χ1v) is 6.59. The summed E-state index contributed by atoms with van der Waals surface area (Å²) in [6.45, 7) is -5.22. The second-order valence-corrected chi connectivity index (χ2v) is 5.02. The lowest BCUT2D eigenvalue weighted by Crippen LogP contribution is -2.38. The minimum absolute atomic E-state index is 0.0119. The third-order valence-corrected chi connectivity index (χ3v) is 3.53. The number of methoxy groups -OCH3 is 1. The fourth-order valence-electron chi connectivity index (χ4n) is 2.48. The molecule has 1 aromatic carbocycles. The molecule has 2 nitrogen and oxygen atoms in total. The summed E-state index contributed by atoms with van der Waals surface area (Å²) in [4.78, 5) is 0. The normalized spacial score (nSPS) is 23.6. The first-order valence-electron chi connectivity index (χ1n) is 6.59. The van der Waals surface area contributed by atoms with Crippen LogP contribution in [0.5, 0.6) is 5.75 Å². The molecule has 2 rings (SSSR count). The van der Waals surface area contributed by atoms with Gasteiger partial charge < -0.3 is 22.4 Å². The van der Waals surface area contributed by atoms with Gasteiger partial charge in [-0.15, -0.1) is 0 Å². The van der Waals surface area contributed by atoms with E-state index in [0.717, 1.165) is 31.0 Å². The second-order valence-electron chi connectivity index (χ2n) is 5.02. The summed E-state index contributed by atoms with van der Waals surface area (Å²) >= 11 is 0. The Morgan fingerprint density at radius 2 is 1.85 bits per heavy atom. The largest absolute Gasteiger partial charge is 0.513 e. The van der Waals surface area contributed by atoms with E-state index < -0.39 is 24.0 Å². The van der Waals surface area contributed by atoms with Gasteiger partial charge in [-0.25, -0.2) is 4.39 Å². The fraction of sp³-hybridized carbons (Fsp3) is 0.538. The summed E-state index contributed by atoms with van der Waals surface area (Å²) in [6.07, 6.45) is 2.49. The Morgan fingerprint density at radius 1 is 1.15 bits per heavy atom. The molecule has 0 radical (unpaired) electrons. The SMILES string of the molecule is COC1CCCC(Oc2cc(F)ccc2[B-](F)(F)F)C1. The monoisotopic (exact) mass is 291 g/mol. The van der Waals surface area contributed by atoms with Gasteiger partial charge >= 0.3 is 6.98 Å². The predicted octanol–water partition coefficient (Wildman–Crippen LogP) is 3.22. The molecular formula is C13H16BF4O2-. The van der Waals surface area contributed by atoms with Crippen LogP contribution in [0.2, 0.25) is 0 Å². The lowest BCUT2D eigenvalue weighted by Gasteiger charge is -2.30. The van der Waals surface area contributed by atoms with E-state index in [-0.39, 0.29) is 12.2 Å². The van der Waals surface area contributed by atoms with Crippen molar-refractivity contribution in [2.45, 2.75) is 37.9 Å². The van der Waals surface area contributed by atoms with Gasteiger partial charge in [0, 0.05) is 19.6 Å². The maximum absolute atomic E-state index is 13.2. The molecule has 0 amide bonds. The molecule has 1 fully saturated rings. The summed E-state index contributed by atoms with van der Waals surface area (Å²) in [6, 6.07) is 2.35. The van der Waals surface area contributed by atoms with Crippen molar-refractivity contribution in [1.29, 1.82) is 0 Å². The molecule has 2 atom stereocenters. The Kier molecular flexibility index (Phi) is 4.57. The molecule has 1 saturated carbocycles. The van der Waals surface area contributed by atoms with Gasteiger partial charge in [-0.1, -0.05) is 11.5 Å². The van der Waals surface area contributed by atoms with E-state index in [1.165, 1.54) is 0 Å². The topological polar surface area (TPSA) is 18.5 Å². The number of rotatable bonds is 4. The molecule has 7 heteroatoms. The van der Waals surface area contributed by atoms with Gasteiger partial charge in [0.05, 0.1) is 11.9 Å². The Labute approximate surface area is 115 Å². The van der Waals surface area contributed by atoms with Gasteiger partial charge in [0.15, 0.2) is 0 Å². The number of hydrogen-bond donors (Lipinski definition) is 0. The Morgan fingerprint density at radius 3 is 2.50 bits per heavy atom. The number of ether oxygens (including phenoxy) is 2. The Balaban J connectivity index is 2.17. The second kappa shape index (κ2) is 6.03. The molecule has 20 heavy (non-hydrogen) atoms. The first kappa shape index (κ1) is 15.2. The summed E-state index contributed by atoms with van der Waals surface area (Å²) in [7, 11) is 1.57. The standard InChI is InChI=1S/C13H16BF4O2/c1-19-10-3-2-4-11(8-10)20-13-7-9(15)5-6-12(13)14(16,17)18/h5-7,10-11H,2-4,8H2,1H3/q-1. The first-order chi connectivity index (χ1) is 9.40. The smallest absolute Gasteiger partial charge is 0.493 e. The van der Waals surface area contributed by atoms with Crippen LogP contribution in [-0.4, -0.2) is 26.3 Å². The van der Waals surface area contributed by atoms with Gasteiger partial charge in [-0.2, -0.15) is 0 Å². The average Bonchev–Trinajstić information content (AvgIpc) is 2.37. The molecule has 0 saturated heterocycles. The molecular weight excluding hydrogens is 275 g/mol. The highest BCUT2D eigenvalue weighted by molar-refractivity contribution is 6.74. The summed E-state index contributed by atoms with van der Waals surface area (Å²) < 4.78 is 62.5. The molecule has 0 N–H and O–H groups in total. The lowest BCUT2D eigenvalue weighted by atomic mass is 9.79. The molecule has 1 aliphatic rings. The van der Waals surface area contributed by atoms with E-state index >= 15 is 0 Å². The van der Waals surface area contributed by atoms with E-state index in [9.17, 15) is 17.3 Å². The van der Waals surface area contributed by atoms with Crippen molar-refractivity contribution in [1.82, 2.24) is 0 Å². The predicted molar refractivity (Wildman–Crippen MR) is 68.8 cm³/mol. The summed E-state index contributed by atoms with van der Waals surface area (Å²) in [5.41, 5.74) is -0.883. The van der Waals surface area contributed by atoms with Gasteiger partial charge in [0.1, 0.15) is 11.9 Å². The minimum Gasteiger partial charge on any atom is -0.493 e. The zero-order valence-electron chi connectivity index (χ0n) is 11.1. The number of halogens is 4. The van der Waals surface area contributed by atoms with E-state index in [0.29, 0.717) is 12.8 Å². The van der Waals surface area contributed by atoms with Crippen molar-refractivity contribution >= 4 is 12.4 Å². The number of hydrogen-bond acceptors (Lipinski definition) is 2. The molecule has 1 aromatic rings. The lowest BCUT2D eigenvalue weighted by molar-refractivity contribution is 0.0211. The molecule has 2 unspecified atom stereocenters. The van der Waals surface area contributed by atoms with Gasteiger partial charge in [0.2, 0.25) is 0 Å². The third kappa shape index (κ3) is 3.65. The van der Waals surface area contributed by atoms with Gasteiger partial charge in [0.25, 0.3) is 0 Å². The van der Waals surface area contributed by atoms with Crippen LogP contribution in [0.1, 0.15) is 25.7 Å². The quantitative estimate of drug-likeness (QED) is 0.626. The van der Waals surface area contributed by atoms with Crippen molar-refractivity contribution < 1.29 is 26.8 Å². The zero-order valence-corrected chi connectivity index (χ0v) is 11.1. The van der Waals surface area contributed by atoms with Gasteiger partial charge in [-0.05, 0) is 25.3 Å². The maximum Gasteiger partial charge on any atom is 0.513 e. The van der Waals surface area contributed by atoms with Crippen molar-refractivity contribution in [2.24, 2.45) is 0 Å². The van der Waals surface area contributed by atoms with Crippen LogP contribution in [0.4, 0.5) is 17.3 Å². The molecule has 112 valence electrons. The molecule has 0 aromatic heterocycles. The van der Waals surface area contributed by atoms with Gasteiger partial charge in [-0.3, -0.25) is 0 Å². The van der Waals surface area contributed by atoms with E-state index in [2.05, 4.69) is 0 Å². The molecule has 0 heterocycles. The van der Waals surface area contributed by atoms with E-state index in [1.807, 2.05) is 0 Å². The fourth-order valence-corrected chi connectivity index (χ4v) is 2.48. The molecule has 0 aliphatic heterocycles. The third-order valence-electron chi connectivity index (χ3n) is 3.53. The van der Waals surface area contributed by atoms with Crippen molar-refractivity contribution in [3.8, 4) is 5.75 Å². The highest BCUT2D eigenvalue weighted by atomic mass is 19.4. The Hall–Kier alpha value is -1.24.